The van der Waals surface area contributed by atoms with Gasteiger partial charge in [0.15, 0.2) is 0 Å². The van der Waals surface area contributed by atoms with Gasteiger partial charge in [-0.05, 0) is 19.5 Å². The first-order valence-corrected chi connectivity index (χ1v) is 6.50. The average Bonchev–Trinajstić information content (AvgIpc) is 2.34. The summed E-state index contributed by atoms with van der Waals surface area (Å²) in [6.45, 7) is 2.09. The molecule has 0 fully saturated rings. The zero-order valence-corrected chi connectivity index (χ0v) is 11.3. The van der Waals surface area contributed by atoms with Gasteiger partial charge in [-0.15, -0.1) is 13.2 Å². The number of hydrogen-bond acceptors (Lipinski definition) is 2. The SMILES string of the molecule is CCCCCC(NC)c1ccccc1OC(F)(F)F. The Bertz CT molecular complexity index is 379. The fourth-order valence-electron chi connectivity index (χ4n) is 2.04. The molecule has 0 aliphatic rings. The van der Waals surface area contributed by atoms with Crippen LogP contribution in [0.25, 0.3) is 0 Å². The van der Waals surface area contributed by atoms with Crippen LogP contribution in [0.15, 0.2) is 24.3 Å². The van der Waals surface area contributed by atoms with Crippen molar-refractivity contribution in [1.82, 2.24) is 5.32 Å². The molecule has 1 aromatic rings. The molecule has 1 atom stereocenters. The Hall–Kier alpha value is -1.23. The highest BCUT2D eigenvalue weighted by molar-refractivity contribution is 5.36. The summed E-state index contributed by atoms with van der Waals surface area (Å²) >= 11 is 0. The van der Waals surface area contributed by atoms with Gasteiger partial charge in [0.2, 0.25) is 0 Å². The van der Waals surface area contributed by atoms with E-state index in [0.717, 1.165) is 25.7 Å². The van der Waals surface area contributed by atoms with Gasteiger partial charge < -0.3 is 10.1 Å². The third-order valence-electron chi connectivity index (χ3n) is 2.96. The molecule has 0 aromatic heterocycles. The van der Waals surface area contributed by atoms with E-state index in [1.807, 2.05) is 0 Å². The van der Waals surface area contributed by atoms with E-state index in [0.29, 0.717) is 5.56 Å². The summed E-state index contributed by atoms with van der Waals surface area (Å²) in [5, 5.41) is 3.06. The lowest BCUT2D eigenvalue weighted by Crippen LogP contribution is -2.22. The van der Waals surface area contributed by atoms with E-state index in [4.69, 9.17) is 0 Å². The van der Waals surface area contributed by atoms with E-state index in [1.165, 1.54) is 6.07 Å². The Morgan fingerprint density at radius 1 is 1.21 bits per heavy atom. The van der Waals surface area contributed by atoms with Gasteiger partial charge in [-0.2, -0.15) is 0 Å². The Kier molecular flexibility index (Phi) is 6.15. The van der Waals surface area contributed by atoms with Crippen LogP contribution in [0.3, 0.4) is 0 Å². The van der Waals surface area contributed by atoms with E-state index in [1.54, 1.807) is 25.2 Å². The second-order valence-electron chi connectivity index (χ2n) is 4.42. The summed E-state index contributed by atoms with van der Waals surface area (Å²) in [4.78, 5) is 0. The normalized spacial score (nSPS) is 13.3. The van der Waals surface area contributed by atoms with Gasteiger partial charge in [0.1, 0.15) is 5.75 Å². The summed E-state index contributed by atoms with van der Waals surface area (Å²) in [7, 11) is 1.75. The second-order valence-corrected chi connectivity index (χ2v) is 4.42. The zero-order valence-electron chi connectivity index (χ0n) is 11.3. The van der Waals surface area contributed by atoms with E-state index in [2.05, 4.69) is 17.0 Å². The topological polar surface area (TPSA) is 21.3 Å². The van der Waals surface area contributed by atoms with Gasteiger partial charge in [0.25, 0.3) is 0 Å². The summed E-state index contributed by atoms with van der Waals surface area (Å²) in [5.41, 5.74) is 0.554. The zero-order chi connectivity index (χ0) is 14.3. The van der Waals surface area contributed by atoms with Crippen LogP contribution in [0.4, 0.5) is 13.2 Å². The van der Waals surface area contributed by atoms with Crippen LogP contribution in [0.5, 0.6) is 5.75 Å². The molecule has 1 aromatic carbocycles. The van der Waals surface area contributed by atoms with E-state index in [-0.39, 0.29) is 11.8 Å². The minimum Gasteiger partial charge on any atom is -0.405 e. The van der Waals surface area contributed by atoms with Gasteiger partial charge in [-0.25, -0.2) is 0 Å². The van der Waals surface area contributed by atoms with E-state index >= 15 is 0 Å². The average molecular weight is 275 g/mol. The number of unbranched alkanes of at least 4 members (excludes halogenated alkanes) is 2. The van der Waals surface area contributed by atoms with Gasteiger partial charge >= 0.3 is 6.36 Å². The van der Waals surface area contributed by atoms with Crippen molar-refractivity contribution in [2.24, 2.45) is 0 Å². The standard InChI is InChI=1S/C14H20F3NO/c1-3-4-5-9-12(18-2)11-8-6-7-10-13(11)19-14(15,16)17/h6-8,10,12,18H,3-5,9H2,1-2H3. The summed E-state index contributed by atoms with van der Waals surface area (Å²) in [5.74, 6) is -0.120. The molecule has 0 radical (unpaired) electrons. The maximum atomic E-state index is 12.4. The molecular weight excluding hydrogens is 255 g/mol. The maximum Gasteiger partial charge on any atom is 0.573 e. The van der Waals surface area contributed by atoms with Crippen molar-refractivity contribution in [2.45, 2.75) is 45.0 Å². The van der Waals surface area contributed by atoms with Crippen molar-refractivity contribution in [1.29, 1.82) is 0 Å². The Morgan fingerprint density at radius 3 is 2.47 bits per heavy atom. The minimum absolute atomic E-state index is 0.120. The molecule has 0 spiro atoms. The number of hydrogen-bond donors (Lipinski definition) is 1. The molecule has 0 saturated heterocycles. The number of halogens is 3. The number of nitrogens with one attached hydrogen (secondary N) is 1. The minimum atomic E-state index is -4.65. The molecule has 19 heavy (non-hydrogen) atoms. The fourth-order valence-corrected chi connectivity index (χ4v) is 2.04. The van der Waals surface area contributed by atoms with E-state index < -0.39 is 6.36 Å². The predicted octanol–water partition coefficient (Wildman–Crippen LogP) is 4.43. The first-order valence-electron chi connectivity index (χ1n) is 6.50. The smallest absolute Gasteiger partial charge is 0.405 e. The van der Waals surface area contributed by atoms with Crippen LogP contribution in [-0.2, 0) is 0 Å². The molecule has 0 aliphatic heterocycles. The summed E-state index contributed by atoms with van der Waals surface area (Å²) < 4.78 is 41.1. The highest BCUT2D eigenvalue weighted by Gasteiger charge is 2.32. The molecule has 0 aliphatic carbocycles. The van der Waals surface area contributed by atoms with Crippen LogP contribution in [-0.4, -0.2) is 13.4 Å². The monoisotopic (exact) mass is 275 g/mol. The first kappa shape index (κ1) is 15.8. The van der Waals surface area contributed by atoms with Crippen LogP contribution in [0.1, 0.15) is 44.2 Å². The molecule has 5 heteroatoms. The number of alkyl halides is 3. The third kappa shape index (κ3) is 5.51. The third-order valence-corrected chi connectivity index (χ3v) is 2.96. The lowest BCUT2D eigenvalue weighted by molar-refractivity contribution is -0.275. The number of benzene rings is 1. The van der Waals surface area contributed by atoms with Crippen molar-refractivity contribution in [3.63, 3.8) is 0 Å². The van der Waals surface area contributed by atoms with Crippen molar-refractivity contribution < 1.29 is 17.9 Å². The highest BCUT2D eigenvalue weighted by Crippen LogP contribution is 2.32. The van der Waals surface area contributed by atoms with Crippen molar-refractivity contribution in [2.75, 3.05) is 7.05 Å². The number of ether oxygens (including phenoxy) is 1. The molecule has 0 heterocycles. The molecule has 108 valence electrons. The molecule has 1 N–H and O–H groups in total. The van der Waals surface area contributed by atoms with Crippen LogP contribution >= 0.6 is 0 Å². The van der Waals surface area contributed by atoms with E-state index in [9.17, 15) is 13.2 Å². The summed E-state index contributed by atoms with van der Waals surface area (Å²) in [6, 6.07) is 6.18. The molecule has 0 bridgehead atoms. The lowest BCUT2D eigenvalue weighted by Gasteiger charge is -2.20. The maximum absolute atomic E-state index is 12.4. The fraction of sp³-hybridized carbons (Fsp3) is 0.571. The van der Waals surface area contributed by atoms with Crippen molar-refractivity contribution in [3.8, 4) is 5.75 Å². The first-order chi connectivity index (χ1) is 8.98. The van der Waals surface area contributed by atoms with Crippen LogP contribution < -0.4 is 10.1 Å². The molecule has 0 saturated carbocycles. The number of para-hydroxylation sites is 1. The van der Waals surface area contributed by atoms with Gasteiger partial charge in [-0.1, -0.05) is 44.4 Å². The lowest BCUT2D eigenvalue weighted by atomic mass is 10.00. The molecule has 0 amide bonds. The molecule has 1 unspecified atom stereocenters. The Labute approximate surface area is 112 Å². The van der Waals surface area contributed by atoms with Gasteiger partial charge in [0.05, 0.1) is 0 Å². The number of rotatable bonds is 7. The highest BCUT2D eigenvalue weighted by atomic mass is 19.4. The largest absolute Gasteiger partial charge is 0.573 e. The van der Waals surface area contributed by atoms with Crippen molar-refractivity contribution >= 4 is 0 Å². The van der Waals surface area contributed by atoms with Gasteiger partial charge in [0, 0.05) is 11.6 Å². The molecule has 1 rings (SSSR count). The second kappa shape index (κ2) is 7.38. The quantitative estimate of drug-likeness (QED) is 0.743. The van der Waals surface area contributed by atoms with Crippen LogP contribution in [0.2, 0.25) is 0 Å². The van der Waals surface area contributed by atoms with Crippen LogP contribution in [0, 0.1) is 0 Å². The Morgan fingerprint density at radius 2 is 1.89 bits per heavy atom. The summed E-state index contributed by atoms with van der Waals surface area (Å²) in [6.07, 6.45) is -0.736. The predicted molar refractivity (Wildman–Crippen MR) is 69.1 cm³/mol. The van der Waals surface area contributed by atoms with Crippen molar-refractivity contribution in [3.05, 3.63) is 29.8 Å². The molecule has 2 nitrogen and oxygen atoms in total. The Balaban J connectivity index is 2.84. The molecular formula is C14H20F3NO. The van der Waals surface area contributed by atoms with Gasteiger partial charge in [-0.3, -0.25) is 0 Å².